The lowest BCUT2D eigenvalue weighted by atomic mass is 9.72. The molecule has 2 aliphatic rings. The van der Waals surface area contributed by atoms with Crippen molar-refractivity contribution in [1.82, 2.24) is 0 Å². The minimum atomic E-state index is -1.77. The molecule has 2 saturated carbocycles. The molecular weight excluding hydrogens is 226 g/mol. The van der Waals surface area contributed by atoms with Crippen LogP contribution in [0.1, 0.15) is 20.3 Å². The number of fused-ring (bicyclic) bond motifs is 1. The quantitative estimate of drug-likeness (QED) is 0.490. The third-order valence-corrected chi connectivity index (χ3v) is 5.99. The van der Waals surface area contributed by atoms with Gasteiger partial charge in [0, 0.05) is 0 Å². The van der Waals surface area contributed by atoms with Crippen molar-refractivity contribution >= 4 is 15.6 Å². The molecule has 88 valence electrons. The van der Waals surface area contributed by atoms with E-state index in [0.717, 1.165) is 0 Å². The molecule has 3 N–H and O–H groups in total. The van der Waals surface area contributed by atoms with Crippen LogP contribution in [0.25, 0.3) is 0 Å². The van der Waals surface area contributed by atoms with Gasteiger partial charge < -0.3 is 15.3 Å². The first-order valence-electron chi connectivity index (χ1n) is 5.58. The minimum absolute atomic E-state index is 0.127. The van der Waals surface area contributed by atoms with Crippen LogP contribution in [0.4, 0.5) is 0 Å². The van der Waals surface area contributed by atoms with Crippen LogP contribution in [-0.4, -0.2) is 46.9 Å². The standard InChI is InChI=1S/C10H17BO4P/c1-3-16(15)8(13)10-4-5(10)6(11)9(2,14)7(10)12/h5-8,12-14H,3-4H2,1-2H3/q+1/t5-,6-,7+,8+,9+,10?/m1/s1. The molecule has 0 saturated heterocycles. The van der Waals surface area contributed by atoms with Gasteiger partial charge >= 0.3 is 7.80 Å². The van der Waals surface area contributed by atoms with Crippen LogP contribution in [0.5, 0.6) is 0 Å². The van der Waals surface area contributed by atoms with Gasteiger partial charge in [-0.15, -0.1) is 0 Å². The summed E-state index contributed by atoms with van der Waals surface area (Å²) in [4.78, 5) is 0. The Bertz CT molecular complexity index is 335. The lowest BCUT2D eigenvalue weighted by Crippen LogP contribution is -2.46. The molecule has 0 aliphatic heterocycles. The van der Waals surface area contributed by atoms with E-state index in [1.165, 1.54) is 6.92 Å². The summed E-state index contributed by atoms with van der Waals surface area (Å²) in [6, 6.07) is 0. The molecule has 0 aromatic carbocycles. The SMILES string of the molecule is [B][C@@H]1[C@H]2CC2([C@@H](O)[P+](=O)CC)[C@@H](O)[C@@]1(C)O. The summed E-state index contributed by atoms with van der Waals surface area (Å²) in [5, 5.41) is 30.1. The van der Waals surface area contributed by atoms with E-state index in [2.05, 4.69) is 0 Å². The lowest BCUT2D eigenvalue weighted by Gasteiger charge is -2.32. The molecule has 2 unspecified atom stereocenters. The van der Waals surface area contributed by atoms with Crippen molar-refractivity contribution < 1.29 is 19.9 Å². The van der Waals surface area contributed by atoms with E-state index in [-0.39, 0.29) is 5.92 Å². The maximum Gasteiger partial charge on any atom is 0.370 e. The van der Waals surface area contributed by atoms with Gasteiger partial charge in [0.1, 0.15) is 6.16 Å². The van der Waals surface area contributed by atoms with E-state index in [1.54, 1.807) is 6.92 Å². The summed E-state index contributed by atoms with van der Waals surface area (Å²) < 4.78 is 11.7. The van der Waals surface area contributed by atoms with Crippen molar-refractivity contribution in [2.45, 2.75) is 43.6 Å². The number of rotatable bonds is 3. The van der Waals surface area contributed by atoms with Gasteiger partial charge in [-0.3, -0.25) is 0 Å². The molecule has 7 atom stereocenters. The predicted octanol–water partition coefficient (Wildman–Crippen LogP) is 0.241. The van der Waals surface area contributed by atoms with Gasteiger partial charge in [-0.25, -0.2) is 0 Å². The molecule has 0 aromatic heterocycles. The largest absolute Gasteiger partial charge is 0.389 e. The Morgan fingerprint density at radius 2 is 2.19 bits per heavy atom. The average molecular weight is 243 g/mol. The van der Waals surface area contributed by atoms with E-state index >= 15 is 0 Å². The van der Waals surface area contributed by atoms with E-state index in [4.69, 9.17) is 7.85 Å². The Morgan fingerprint density at radius 3 is 2.56 bits per heavy atom. The van der Waals surface area contributed by atoms with Gasteiger partial charge in [0.25, 0.3) is 5.85 Å². The molecule has 16 heavy (non-hydrogen) atoms. The van der Waals surface area contributed by atoms with Gasteiger partial charge in [0.15, 0.2) is 0 Å². The summed E-state index contributed by atoms with van der Waals surface area (Å²) in [5.74, 6) is -1.75. The first-order valence-corrected chi connectivity index (χ1v) is 7.09. The number of aliphatic hydroxyl groups is 3. The van der Waals surface area contributed by atoms with Crippen LogP contribution in [-0.2, 0) is 4.57 Å². The highest BCUT2D eigenvalue weighted by Crippen LogP contribution is 2.74. The Labute approximate surface area is 97.3 Å². The van der Waals surface area contributed by atoms with Crippen molar-refractivity contribution in [1.29, 1.82) is 0 Å². The van der Waals surface area contributed by atoms with Gasteiger partial charge in [-0.2, -0.15) is 0 Å². The second kappa shape index (κ2) is 3.52. The molecular formula is C10H17BO4P+. The summed E-state index contributed by atoms with van der Waals surface area (Å²) in [6.07, 6.45) is -0.177. The fourth-order valence-corrected chi connectivity index (χ4v) is 4.43. The second-order valence-corrected chi connectivity index (χ2v) is 7.14. The summed E-state index contributed by atoms with van der Waals surface area (Å²) in [5.41, 5.74) is -2.24. The van der Waals surface area contributed by atoms with Gasteiger partial charge in [-0.05, 0) is 32.0 Å². The van der Waals surface area contributed by atoms with Crippen LogP contribution >= 0.6 is 7.80 Å². The van der Waals surface area contributed by atoms with Crippen molar-refractivity contribution in [2.24, 2.45) is 11.3 Å². The van der Waals surface area contributed by atoms with Crippen LogP contribution in [0, 0.1) is 11.3 Å². The molecule has 6 heteroatoms. The molecule has 0 bridgehead atoms. The Kier molecular flexibility index (Phi) is 2.75. The van der Waals surface area contributed by atoms with Crippen molar-refractivity contribution in [3.63, 3.8) is 0 Å². The molecule has 2 radical (unpaired) electrons. The van der Waals surface area contributed by atoms with Crippen LogP contribution in [0.15, 0.2) is 0 Å². The molecule has 0 aromatic rings. The molecule has 2 rings (SSSR count). The minimum Gasteiger partial charge on any atom is -0.389 e. The van der Waals surface area contributed by atoms with Gasteiger partial charge in [0.2, 0.25) is 0 Å². The maximum absolute atomic E-state index is 11.7. The zero-order valence-electron chi connectivity index (χ0n) is 9.50. The summed E-state index contributed by atoms with van der Waals surface area (Å²) in [7, 11) is 4.07. The van der Waals surface area contributed by atoms with Gasteiger partial charge in [-0.1, -0.05) is 4.57 Å². The monoisotopic (exact) mass is 243 g/mol. The zero-order chi connectivity index (χ0) is 12.3. The molecule has 2 aliphatic carbocycles. The predicted molar refractivity (Wildman–Crippen MR) is 60.8 cm³/mol. The van der Waals surface area contributed by atoms with Crippen LogP contribution in [0.3, 0.4) is 0 Å². The maximum atomic E-state index is 11.7. The van der Waals surface area contributed by atoms with Crippen molar-refractivity contribution in [3.05, 3.63) is 0 Å². The highest BCUT2D eigenvalue weighted by Gasteiger charge is 2.79. The third kappa shape index (κ3) is 1.29. The van der Waals surface area contributed by atoms with E-state index < -0.39 is 36.6 Å². The lowest BCUT2D eigenvalue weighted by molar-refractivity contribution is -0.0866. The topological polar surface area (TPSA) is 77.8 Å². The van der Waals surface area contributed by atoms with E-state index in [9.17, 15) is 19.9 Å². The van der Waals surface area contributed by atoms with Crippen molar-refractivity contribution in [3.8, 4) is 0 Å². The summed E-state index contributed by atoms with van der Waals surface area (Å²) in [6.45, 7) is 3.21. The fraction of sp³-hybridized carbons (Fsp3) is 1.00. The van der Waals surface area contributed by atoms with E-state index in [0.29, 0.717) is 12.6 Å². The average Bonchev–Trinajstić information content (AvgIpc) is 2.97. The molecule has 4 nitrogen and oxygen atoms in total. The molecule has 0 amide bonds. The third-order valence-electron chi connectivity index (χ3n) is 4.34. The first-order chi connectivity index (χ1) is 7.30. The fourth-order valence-electron chi connectivity index (χ4n) is 3.11. The van der Waals surface area contributed by atoms with Crippen LogP contribution < -0.4 is 0 Å². The Hall–Kier alpha value is 0.0449. The number of aliphatic hydroxyl groups excluding tert-OH is 2. The Balaban J connectivity index is 2.28. The first kappa shape index (κ1) is 12.5. The molecule has 2 fully saturated rings. The summed E-state index contributed by atoms with van der Waals surface area (Å²) >= 11 is 0. The highest BCUT2D eigenvalue weighted by atomic mass is 31.1. The number of hydrogen-bond acceptors (Lipinski definition) is 4. The van der Waals surface area contributed by atoms with Gasteiger partial charge in [0.05, 0.1) is 25.0 Å². The normalized spacial score (nSPS) is 53.3. The molecule has 0 heterocycles. The highest BCUT2D eigenvalue weighted by molar-refractivity contribution is 7.45. The molecule has 0 spiro atoms. The Morgan fingerprint density at radius 1 is 1.62 bits per heavy atom. The number of hydrogen-bond donors (Lipinski definition) is 3. The van der Waals surface area contributed by atoms with Crippen molar-refractivity contribution in [2.75, 3.05) is 6.16 Å². The zero-order valence-corrected chi connectivity index (χ0v) is 10.4. The van der Waals surface area contributed by atoms with E-state index in [1.807, 2.05) is 0 Å². The van der Waals surface area contributed by atoms with Crippen LogP contribution in [0.2, 0.25) is 5.82 Å². The second-order valence-electron chi connectivity index (χ2n) is 5.18. The smallest absolute Gasteiger partial charge is 0.370 e.